The second-order valence-corrected chi connectivity index (χ2v) is 8.91. The van der Waals surface area contributed by atoms with Crippen LogP contribution in [-0.2, 0) is 14.3 Å². The van der Waals surface area contributed by atoms with Gasteiger partial charge < -0.3 is 14.5 Å². The lowest BCUT2D eigenvalue weighted by molar-refractivity contribution is -0.127. The van der Waals surface area contributed by atoms with Crippen LogP contribution < -0.4 is 5.32 Å². The Labute approximate surface area is 207 Å². The molecule has 1 N–H and O–H groups in total. The molecule has 0 radical (unpaired) electrons. The van der Waals surface area contributed by atoms with E-state index in [1.54, 1.807) is 60.7 Å². The van der Waals surface area contributed by atoms with Gasteiger partial charge in [0, 0.05) is 16.1 Å². The Bertz CT molecular complexity index is 1320. The van der Waals surface area contributed by atoms with Crippen LogP contribution in [0.25, 0.3) is 17.4 Å². The smallest absolute Gasteiger partial charge is 0.337 e. The largest absolute Gasteiger partial charge is 0.465 e. The molecule has 1 saturated heterocycles. The molecule has 2 aromatic carbocycles. The fraction of sp³-hybridized carbons (Fsp3) is 0.0833. The first-order chi connectivity index (χ1) is 16.4. The standard InChI is InChI=1S/C24H17BrN2O6S/c1-32-23(30)15-8-6-14(7-9-15)19-11-10-16(33-19)12-20-22(29)27(24(31)34-20)13-21(28)26-18-5-3-2-4-17(18)25/h2-12H,13H2,1H3,(H,26,28)/b20-12+. The number of rotatable bonds is 6. The number of para-hydroxylation sites is 1. The van der Waals surface area contributed by atoms with Crippen LogP contribution in [-0.4, -0.2) is 41.6 Å². The molecule has 0 saturated carbocycles. The average Bonchev–Trinajstić information content (AvgIpc) is 3.40. The molecule has 10 heteroatoms. The van der Waals surface area contributed by atoms with Gasteiger partial charge in [0.25, 0.3) is 11.1 Å². The van der Waals surface area contributed by atoms with Crippen LogP contribution in [0.3, 0.4) is 0 Å². The third-order valence-electron chi connectivity index (χ3n) is 4.81. The number of hydrogen-bond donors (Lipinski definition) is 1. The zero-order chi connectivity index (χ0) is 24.2. The van der Waals surface area contributed by atoms with Crippen molar-refractivity contribution in [3.05, 3.63) is 81.4 Å². The molecular formula is C24H17BrN2O6S. The number of methoxy groups -OCH3 is 1. The van der Waals surface area contributed by atoms with E-state index in [1.807, 2.05) is 0 Å². The van der Waals surface area contributed by atoms with Gasteiger partial charge in [-0.1, -0.05) is 24.3 Å². The van der Waals surface area contributed by atoms with Gasteiger partial charge in [0.1, 0.15) is 18.1 Å². The minimum atomic E-state index is -0.572. The summed E-state index contributed by atoms with van der Waals surface area (Å²) in [5, 5.41) is 2.13. The quantitative estimate of drug-likeness (QED) is 0.339. The molecule has 4 rings (SSSR count). The molecule has 0 aliphatic carbocycles. The average molecular weight is 541 g/mol. The van der Waals surface area contributed by atoms with Crippen molar-refractivity contribution in [1.82, 2.24) is 4.90 Å². The maximum Gasteiger partial charge on any atom is 0.337 e. The summed E-state index contributed by atoms with van der Waals surface area (Å²) in [6.45, 7) is -0.403. The van der Waals surface area contributed by atoms with Gasteiger partial charge in [0.2, 0.25) is 5.91 Å². The SMILES string of the molecule is COC(=O)c1ccc(-c2ccc(/C=C3/SC(=O)N(CC(=O)Nc4ccccc4Br)C3=O)o2)cc1. The Kier molecular flexibility index (Phi) is 6.99. The molecule has 2 heterocycles. The number of amides is 3. The Morgan fingerprint density at radius 3 is 2.53 bits per heavy atom. The van der Waals surface area contributed by atoms with Crippen molar-refractivity contribution >= 4 is 62.5 Å². The molecule has 8 nitrogen and oxygen atoms in total. The van der Waals surface area contributed by atoms with Crippen molar-refractivity contribution in [2.75, 3.05) is 19.0 Å². The number of thioether (sulfide) groups is 1. The minimum Gasteiger partial charge on any atom is -0.465 e. The second kappa shape index (κ2) is 10.1. The number of hydrogen-bond acceptors (Lipinski definition) is 7. The molecule has 0 atom stereocenters. The summed E-state index contributed by atoms with van der Waals surface area (Å²) in [4.78, 5) is 50.0. The van der Waals surface area contributed by atoms with Crippen molar-refractivity contribution in [3.8, 4) is 11.3 Å². The zero-order valence-electron chi connectivity index (χ0n) is 17.7. The summed E-state index contributed by atoms with van der Waals surface area (Å²) in [6.07, 6.45) is 1.46. The number of benzene rings is 2. The number of ether oxygens (including phenoxy) is 1. The molecule has 1 aromatic heterocycles. The van der Waals surface area contributed by atoms with E-state index < -0.39 is 29.6 Å². The number of furan rings is 1. The van der Waals surface area contributed by atoms with E-state index in [0.29, 0.717) is 27.2 Å². The number of nitrogens with one attached hydrogen (secondary N) is 1. The predicted molar refractivity (Wildman–Crippen MR) is 131 cm³/mol. The number of nitrogens with zero attached hydrogens (tertiary/aromatic N) is 1. The van der Waals surface area contributed by atoms with Crippen molar-refractivity contribution in [2.24, 2.45) is 0 Å². The van der Waals surface area contributed by atoms with Crippen molar-refractivity contribution in [3.63, 3.8) is 0 Å². The van der Waals surface area contributed by atoms with E-state index in [1.165, 1.54) is 13.2 Å². The van der Waals surface area contributed by atoms with E-state index in [2.05, 4.69) is 26.0 Å². The highest BCUT2D eigenvalue weighted by Crippen LogP contribution is 2.33. The van der Waals surface area contributed by atoms with E-state index in [4.69, 9.17) is 4.42 Å². The van der Waals surface area contributed by atoms with Gasteiger partial charge in [-0.2, -0.15) is 0 Å². The molecule has 0 bridgehead atoms. The van der Waals surface area contributed by atoms with Gasteiger partial charge in [0.15, 0.2) is 0 Å². The van der Waals surface area contributed by atoms with Gasteiger partial charge in [-0.3, -0.25) is 19.3 Å². The number of halogens is 1. The van der Waals surface area contributed by atoms with E-state index in [0.717, 1.165) is 22.2 Å². The third kappa shape index (κ3) is 5.13. The first-order valence-electron chi connectivity index (χ1n) is 9.94. The normalized spacial score (nSPS) is 14.5. The Morgan fingerprint density at radius 1 is 1.09 bits per heavy atom. The minimum absolute atomic E-state index is 0.153. The Morgan fingerprint density at radius 2 is 1.82 bits per heavy atom. The van der Waals surface area contributed by atoms with Crippen LogP contribution in [0, 0.1) is 0 Å². The lowest BCUT2D eigenvalue weighted by atomic mass is 10.1. The molecule has 172 valence electrons. The number of carbonyl (C=O) groups excluding carboxylic acids is 4. The van der Waals surface area contributed by atoms with Crippen molar-refractivity contribution in [1.29, 1.82) is 0 Å². The fourth-order valence-electron chi connectivity index (χ4n) is 3.14. The van der Waals surface area contributed by atoms with Crippen LogP contribution in [0.2, 0.25) is 0 Å². The monoisotopic (exact) mass is 540 g/mol. The van der Waals surface area contributed by atoms with Crippen LogP contribution in [0.5, 0.6) is 0 Å². The second-order valence-electron chi connectivity index (χ2n) is 7.07. The number of imide groups is 1. The highest BCUT2D eigenvalue weighted by atomic mass is 79.9. The maximum atomic E-state index is 12.7. The molecular weight excluding hydrogens is 524 g/mol. The molecule has 34 heavy (non-hydrogen) atoms. The molecule has 1 aliphatic heterocycles. The van der Waals surface area contributed by atoms with Gasteiger partial charge >= 0.3 is 5.97 Å². The van der Waals surface area contributed by atoms with Crippen molar-refractivity contribution < 1.29 is 28.3 Å². The van der Waals surface area contributed by atoms with Gasteiger partial charge in [-0.05, 0) is 64.1 Å². The summed E-state index contributed by atoms with van der Waals surface area (Å²) in [5.74, 6) is -0.610. The topological polar surface area (TPSA) is 106 Å². The zero-order valence-corrected chi connectivity index (χ0v) is 20.1. The molecule has 0 unspecified atom stereocenters. The third-order valence-corrected chi connectivity index (χ3v) is 6.41. The predicted octanol–water partition coefficient (Wildman–Crippen LogP) is 5.17. The lowest BCUT2D eigenvalue weighted by Gasteiger charge is -2.13. The Balaban J connectivity index is 1.44. The molecule has 3 amide bonds. The maximum absolute atomic E-state index is 12.7. The summed E-state index contributed by atoms with van der Waals surface area (Å²) in [7, 11) is 1.31. The highest BCUT2D eigenvalue weighted by molar-refractivity contribution is 9.10. The van der Waals surface area contributed by atoms with E-state index in [-0.39, 0.29) is 4.91 Å². The summed E-state index contributed by atoms with van der Waals surface area (Å²) in [5.41, 5.74) is 1.68. The summed E-state index contributed by atoms with van der Waals surface area (Å²) in [6, 6.07) is 17.1. The van der Waals surface area contributed by atoms with Crippen molar-refractivity contribution in [2.45, 2.75) is 0 Å². The van der Waals surface area contributed by atoms with E-state index in [9.17, 15) is 19.2 Å². The Hall–Kier alpha value is -3.63. The number of carbonyl (C=O) groups is 4. The molecule has 1 fully saturated rings. The highest BCUT2D eigenvalue weighted by Gasteiger charge is 2.36. The number of anilines is 1. The van der Waals surface area contributed by atoms with Gasteiger partial charge in [-0.15, -0.1) is 0 Å². The van der Waals surface area contributed by atoms with Crippen LogP contribution >= 0.6 is 27.7 Å². The summed E-state index contributed by atoms with van der Waals surface area (Å²) >= 11 is 4.07. The first-order valence-corrected chi connectivity index (χ1v) is 11.5. The lowest BCUT2D eigenvalue weighted by Crippen LogP contribution is -2.36. The van der Waals surface area contributed by atoms with Gasteiger partial charge in [0.05, 0.1) is 23.3 Å². The molecule has 0 spiro atoms. The van der Waals surface area contributed by atoms with Crippen LogP contribution in [0.15, 0.2) is 74.5 Å². The van der Waals surface area contributed by atoms with Gasteiger partial charge in [-0.25, -0.2) is 4.79 Å². The van der Waals surface area contributed by atoms with Crippen LogP contribution in [0.1, 0.15) is 16.1 Å². The summed E-state index contributed by atoms with van der Waals surface area (Å²) < 4.78 is 11.1. The fourth-order valence-corrected chi connectivity index (χ4v) is 4.34. The number of esters is 1. The van der Waals surface area contributed by atoms with Crippen LogP contribution in [0.4, 0.5) is 10.5 Å². The molecule has 3 aromatic rings. The van der Waals surface area contributed by atoms with E-state index >= 15 is 0 Å². The first kappa shape index (κ1) is 23.5. The molecule has 1 aliphatic rings.